The van der Waals surface area contributed by atoms with E-state index in [9.17, 15) is 13.2 Å². The van der Waals surface area contributed by atoms with E-state index in [4.69, 9.17) is 23.2 Å². The molecule has 0 radical (unpaired) electrons. The molecule has 0 aliphatic carbocycles. The Balaban J connectivity index is 1.72. The number of amides is 1. The van der Waals surface area contributed by atoms with Crippen molar-refractivity contribution < 1.29 is 13.2 Å². The summed E-state index contributed by atoms with van der Waals surface area (Å²) >= 11 is 12.0. The quantitative estimate of drug-likeness (QED) is 0.543. The van der Waals surface area contributed by atoms with Gasteiger partial charge in [0, 0.05) is 22.2 Å². The first-order valence-electron chi connectivity index (χ1n) is 9.08. The summed E-state index contributed by atoms with van der Waals surface area (Å²) in [5.41, 5.74) is 2.51. The second-order valence-electron chi connectivity index (χ2n) is 6.72. The van der Waals surface area contributed by atoms with Gasteiger partial charge in [-0.1, -0.05) is 59.6 Å². The zero-order valence-electron chi connectivity index (χ0n) is 16.2. The maximum atomic E-state index is 12.5. The highest BCUT2D eigenvalue weighted by Crippen LogP contribution is 2.22. The second-order valence-corrected chi connectivity index (χ2v) is 9.47. The number of carbonyl (C=O) groups is 1. The van der Waals surface area contributed by atoms with Crippen molar-refractivity contribution in [1.82, 2.24) is 5.32 Å². The van der Waals surface area contributed by atoms with E-state index >= 15 is 0 Å². The summed E-state index contributed by atoms with van der Waals surface area (Å²) in [6.07, 6.45) is 1.16. The van der Waals surface area contributed by atoms with Crippen molar-refractivity contribution in [3.8, 4) is 0 Å². The zero-order chi connectivity index (χ0) is 21.7. The van der Waals surface area contributed by atoms with Crippen molar-refractivity contribution in [3.63, 3.8) is 0 Å². The molecule has 1 N–H and O–H groups in total. The van der Waals surface area contributed by atoms with Crippen molar-refractivity contribution in [1.29, 1.82) is 0 Å². The SMILES string of the molecule is CS(=O)(=O)N(Cc1ccccc1)c1ccc(C(=O)NCc2ccc(Cl)cc2Cl)cc1. The van der Waals surface area contributed by atoms with Gasteiger partial charge >= 0.3 is 0 Å². The number of sulfonamides is 1. The number of halogens is 2. The van der Waals surface area contributed by atoms with Crippen LogP contribution in [0.4, 0.5) is 5.69 Å². The molecule has 3 aromatic rings. The second kappa shape index (κ2) is 9.51. The third-order valence-electron chi connectivity index (χ3n) is 4.44. The molecular formula is C22H20Cl2N2O3S. The van der Waals surface area contributed by atoms with E-state index in [2.05, 4.69) is 5.32 Å². The van der Waals surface area contributed by atoms with Crippen LogP contribution in [0.2, 0.25) is 10.0 Å². The number of benzene rings is 3. The van der Waals surface area contributed by atoms with Gasteiger partial charge < -0.3 is 5.32 Å². The highest BCUT2D eigenvalue weighted by molar-refractivity contribution is 7.92. The lowest BCUT2D eigenvalue weighted by Gasteiger charge is -2.22. The molecule has 0 spiro atoms. The number of carbonyl (C=O) groups excluding carboxylic acids is 1. The summed E-state index contributed by atoms with van der Waals surface area (Å²) in [5, 5.41) is 3.80. The van der Waals surface area contributed by atoms with Gasteiger partial charge in [0.05, 0.1) is 18.5 Å². The van der Waals surface area contributed by atoms with Crippen molar-refractivity contribution in [3.05, 3.63) is 99.5 Å². The summed E-state index contributed by atoms with van der Waals surface area (Å²) in [6, 6.07) is 20.8. The van der Waals surface area contributed by atoms with E-state index in [0.29, 0.717) is 21.3 Å². The van der Waals surface area contributed by atoms with Gasteiger partial charge in [0.1, 0.15) is 0 Å². The van der Waals surface area contributed by atoms with Crippen LogP contribution in [-0.2, 0) is 23.1 Å². The van der Waals surface area contributed by atoms with Gasteiger partial charge in [-0.15, -0.1) is 0 Å². The normalized spacial score (nSPS) is 11.2. The lowest BCUT2D eigenvalue weighted by Crippen LogP contribution is -2.29. The third-order valence-corrected chi connectivity index (χ3v) is 6.17. The largest absolute Gasteiger partial charge is 0.348 e. The van der Waals surface area contributed by atoms with E-state index in [1.807, 2.05) is 30.3 Å². The molecule has 0 saturated carbocycles. The maximum absolute atomic E-state index is 12.5. The number of rotatable bonds is 7. The lowest BCUT2D eigenvalue weighted by atomic mass is 10.1. The molecule has 30 heavy (non-hydrogen) atoms. The fourth-order valence-electron chi connectivity index (χ4n) is 2.87. The van der Waals surface area contributed by atoms with Crippen LogP contribution < -0.4 is 9.62 Å². The fourth-order valence-corrected chi connectivity index (χ4v) is 4.23. The van der Waals surface area contributed by atoms with Gasteiger partial charge in [-0.3, -0.25) is 9.10 Å². The van der Waals surface area contributed by atoms with Crippen LogP contribution in [0.25, 0.3) is 0 Å². The van der Waals surface area contributed by atoms with Crippen LogP contribution in [-0.4, -0.2) is 20.6 Å². The molecule has 0 unspecified atom stereocenters. The molecule has 8 heteroatoms. The maximum Gasteiger partial charge on any atom is 0.251 e. The van der Waals surface area contributed by atoms with E-state index in [0.717, 1.165) is 17.4 Å². The van der Waals surface area contributed by atoms with Crippen LogP contribution in [0.5, 0.6) is 0 Å². The van der Waals surface area contributed by atoms with Crippen molar-refractivity contribution in [2.45, 2.75) is 13.1 Å². The first-order valence-corrected chi connectivity index (χ1v) is 11.7. The molecular weight excluding hydrogens is 443 g/mol. The molecule has 0 heterocycles. The summed E-state index contributed by atoms with van der Waals surface area (Å²) in [7, 11) is -3.50. The highest BCUT2D eigenvalue weighted by Gasteiger charge is 2.18. The molecule has 0 saturated heterocycles. The van der Waals surface area contributed by atoms with E-state index in [1.165, 1.54) is 4.31 Å². The minimum absolute atomic E-state index is 0.209. The predicted octanol–water partition coefficient (Wildman–Crippen LogP) is 4.89. The summed E-state index contributed by atoms with van der Waals surface area (Å²) in [4.78, 5) is 12.5. The minimum atomic E-state index is -3.50. The highest BCUT2D eigenvalue weighted by atomic mass is 35.5. The number of nitrogens with zero attached hydrogens (tertiary/aromatic N) is 1. The zero-order valence-corrected chi connectivity index (χ0v) is 18.5. The molecule has 3 aromatic carbocycles. The Kier molecular flexibility index (Phi) is 7.02. The van der Waals surface area contributed by atoms with Crippen molar-refractivity contribution in [2.24, 2.45) is 0 Å². The number of hydrogen-bond donors (Lipinski definition) is 1. The topological polar surface area (TPSA) is 66.5 Å². The van der Waals surface area contributed by atoms with Crippen LogP contribution >= 0.6 is 23.2 Å². The third kappa shape index (κ3) is 5.75. The van der Waals surface area contributed by atoms with Gasteiger partial charge in [0.15, 0.2) is 0 Å². The Morgan fingerprint density at radius 3 is 2.23 bits per heavy atom. The molecule has 0 aliphatic rings. The molecule has 0 bridgehead atoms. The van der Waals surface area contributed by atoms with Crippen LogP contribution in [0.3, 0.4) is 0 Å². The average molecular weight is 463 g/mol. The van der Waals surface area contributed by atoms with E-state index in [-0.39, 0.29) is 19.0 Å². The van der Waals surface area contributed by atoms with Crippen LogP contribution in [0.15, 0.2) is 72.8 Å². The standard InChI is InChI=1S/C22H20Cl2N2O3S/c1-30(28,29)26(15-16-5-3-2-4-6-16)20-11-8-17(9-12-20)22(27)25-14-18-7-10-19(23)13-21(18)24/h2-13H,14-15H2,1H3,(H,25,27). The lowest BCUT2D eigenvalue weighted by molar-refractivity contribution is 0.0951. The van der Waals surface area contributed by atoms with E-state index < -0.39 is 10.0 Å². The first kappa shape index (κ1) is 22.2. The molecule has 0 aliphatic heterocycles. The summed E-state index contributed by atoms with van der Waals surface area (Å²) in [5.74, 6) is -0.290. The Morgan fingerprint density at radius 1 is 0.967 bits per heavy atom. The minimum Gasteiger partial charge on any atom is -0.348 e. The number of hydrogen-bond acceptors (Lipinski definition) is 3. The smallest absolute Gasteiger partial charge is 0.251 e. The van der Waals surface area contributed by atoms with Crippen LogP contribution in [0.1, 0.15) is 21.5 Å². The molecule has 156 valence electrons. The molecule has 0 atom stereocenters. The van der Waals surface area contributed by atoms with Gasteiger partial charge in [-0.25, -0.2) is 8.42 Å². The molecule has 5 nitrogen and oxygen atoms in total. The van der Waals surface area contributed by atoms with Gasteiger partial charge in [0.2, 0.25) is 10.0 Å². The van der Waals surface area contributed by atoms with Gasteiger partial charge in [-0.2, -0.15) is 0 Å². The Hall–Kier alpha value is -2.54. The Bertz CT molecular complexity index is 1130. The first-order chi connectivity index (χ1) is 14.2. The van der Waals surface area contributed by atoms with Crippen LogP contribution in [0, 0.1) is 0 Å². The molecule has 0 fully saturated rings. The predicted molar refractivity (Wildman–Crippen MR) is 122 cm³/mol. The van der Waals surface area contributed by atoms with Gasteiger partial charge in [0.25, 0.3) is 5.91 Å². The van der Waals surface area contributed by atoms with E-state index in [1.54, 1.807) is 42.5 Å². The molecule has 1 amide bonds. The average Bonchev–Trinajstić information content (AvgIpc) is 2.71. The number of nitrogens with one attached hydrogen (secondary N) is 1. The molecule has 0 aromatic heterocycles. The van der Waals surface area contributed by atoms with Crippen molar-refractivity contribution in [2.75, 3.05) is 10.6 Å². The van der Waals surface area contributed by atoms with Gasteiger partial charge in [-0.05, 0) is 47.5 Å². The summed E-state index contributed by atoms with van der Waals surface area (Å²) < 4.78 is 25.9. The Morgan fingerprint density at radius 2 is 1.63 bits per heavy atom. The monoisotopic (exact) mass is 462 g/mol. The molecule has 3 rings (SSSR count). The Labute approximate surface area is 186 Å². The summed E-state index contributed by atoms with van der Waals surface area (Å²) in [6.45, 7) is 0.459. The fraction of sp³-hybridized carbons (Fsp3) is 0.136. The number of anilines is 1. The van der Waals surface area contributed by atoms with Crippen molar-refractivity contribution >= 4 is 44.8 Å².